The van der Waals surface area contributed by atoms with Gasteiger partial charge in [0.1, 0.15) is 23.0 Å². The maximum Gasteiger partial charge on any atom is 0.260 e. The Morgan fingerprint density at radius 1 is 0.321 bits per heavy atom. The Balaban J connectivity index is 1.17. The standard InChI is InChI=1S/C50H35BO2/c1-32-14-6-8-18-38(32)35-24-26-44-46(28-35)52-48-30-37(41-21-11-13-23-43(41)42-22-12-10-20-40(42)34-16-4-3-5-17-34)31-49-50(48)51(44)45-27-25-36(29-47(45)53-49)39-19-9-7-15-33(39)2/h3-31H,1-2H3. The Hall–Kier alpha value is -6.58. The minimum absolute atomic E-state index is 0.0348. The molecule has 0 aliphatic carbocycles. The SMILES string of the molecule is Cc1ccccc1-c1ccc2c(c1)Oc1cc(-c3ccccc3-c3ccccc3-c3ccccc3)cc3c1B2c1ccc(-c2ccccc2C)cc1O3. The molecule has 2 aliphatic heterocycles. The van der Waals surface area contributed by atoms with Gasteiger partial charge in [-0.05, 0) is 116 Å². The van der Waals surface area contributed by atoms with Gasteiger partial charge in [0.05, 0.1) is 0 Å². The summed E-state index contributed by atoms with van der Waals surface area (Å²) in [6.45, 7) is 4.29. The topological polar surface area (TPSA) is 18.5 Å². The van der Waals surface area contributed by atoms with Crippen LogP contribution in [0.4, 0.5) is 0 Å². The summed E-state index contributed by atoms with van der Waals surface area (Å²) < 4.78 is 13.9. The number of ether oxygens (including phenoxy) is 2. The average molecular weight is 679 g/mol. The molecular formula is C50H35BO2. The highest BCUT2D eigenvalue weighted by Crippen LogP contribution is 2.44. The molecular weight excluding hydrogens is 643 g/mol. The molecule has 0 amide bonds. The summed E-state index contributed by atoms with van der Waals surface area (Å²) in [7, 11) is 0. The van der Waals surface area contributed by atoms with E-state index in [9.17, 15) is 0 Å². The molecule has 53 heavy (non-hydrogen) atoms. The monoisotopic (exact) mass is 678 g/mol. The maximum atomic E-state index is 6.97. The summed E-state index contributed by atoms with van der Waals surface area (Å²) in [5, 5.41) is 0. The molecule has 0 saturated heterocycles. The van der Waals surface area contributed by atoms with Crippen molar-refractivity contribution in [3.8, 4) is 78.6 Å². The van der Waals surface area contributed by atoms with Crippen molar-refractivity contribution in [3.63, 3.8) is 0 Å². The van der Waals surface area contributed by atoms with Crippen LogP contribution in [0.5, 0.6) is 23.0 Å². The first-order valence-electron chi connectivity index (χ1n) is 18.3. The molecule has 0 spiro atoms. The summed E-state index contributed by atoms with van der Waals surface area (Å²) >= 11 is 0. The van der Waals surface area contributed by atoms with Crippen LogP contribution in [0.15, 0.2) is 176 Å². The van der Waals surface area contributed by atoms with Crippen molar-refractivity contribution in [2.45, 2.75) is 13.8 Å². The first-order valence-corrected chi connectivity index (χ1v) is 18.3. The third kappa shape index (κ3) is 5.28. The second-order valence-electron chi connectivity index (χ2n) is 14.1. The highest BCUT2D eigenvalue weighted by atomic mass is 16.5. The molecule has 2 heterocycles. The van der Waals surface area contributed by atoms with E-state index >= 15 is 0 Å². The quantitative estimate of drug-likeness (QED) is 0.169. The average Bonchev–Trinajstić information content (AvgIpc) is 3.21. The molecule has 8 aromatic rings. The van der Waals surface area contributed by atoms with E-state index in [1.165, 1.54) is 38.9 Å². The summed E-state index contributed by atoms with van der Waals surface area (Å²) in [6, 6.07) is 62.9. The lowest BCUT2D eigenvalue weighted by Gasteiger charge is -2.34. The van der Waals surface area contributed by atoms with Gasteiger partial charge in [0, 0.05) is 5.46 Å². The van der Waals surface area contributed by atoms with Gasteiger partial charge in [-0.25, -0.2) is 0 Å². The van der Waals surface area contributed by atoms with Crippen molar-refractivity contribution in [2.24, 2.45) is 0 Å². The molecule has 3 heteroatoms. The zero-order valence-corrected chi connectivity index (χ0v) is 29.6. The van der Waals surface area contributed by atoms with E-state index in [4.69, 9.17) is 9.47 Å². The zero-order valence-electron chi connectivity index (χ0n) is 29.6. The molecule has 8 aromatic carbocycles. The van der Waals surface area contributed by atoms with Crippen LogP contribution >= 0.6 is 0 Å². The summed E-state index contributed by atoms with van der Waals surface area (Å²) in [6.07, 6.45) is 0. The van der Waals surface area contributed by atoms with Gasteiger partial charge in [0.15, 0.2) is 0 Å². The summed E-state index contributed by atoms with van der Waals surface area (Å²) in [5.41, 5.74) is 17.4. The second kappa shape index (κ2) is 12.6. The molecule has 0 unspecified atom stereocenters. The molecule has 0 radical (unpaired) electrons. The van der Waals surface area contributed by atoms with Crippen LogP contribution < -0.4 is 25.9 Å². The van der Waals surface area contributed by atoms with Crippen molar-refractivity contribution in [1.29, 1.82) is 0 Å². The van der Waals surface area contributed by atoms with Gasteiger partial charge in [-0.2, -0.15) is 0 Å². The fourth-order valence-electron chi connectivity index (χ4n) is 8.33. The molecule has 10 rings (SSSR count). The van der Waals surface area contributed by atoms with Gasteiger partial charge in [0.25, 0.3) is 6.71 Å². The number of hydrogen-bond donors (Lipinski definition) is 0. The minimum atomic E-state index is -0.0348. The Morgan fingerprint density at radius 2 is 0.717 bits per heavy atom. The van der Waals surface area contributed by atoms with Crippen LogP contribution in [-0.2, 0) is 0 Å². The number of aryl methyl sites for hydroxylation is 2. The lowest BCUT2D eigenvalue weighted by Crippen LogP contribution is -2.57. The Labute approximate surface area is 311 Å². The first-order chi connectivity index (χ1) is 26.1. The van der Waals surface area contributed by atoms with E-state index in [0.29, 0.717) is 0 Å². The van der Waals surface area contributed by atoms with E-state index in [2.05, 4.69) is 190 Å². The van der Waals surface area contributed by atoms with Crippen molar-refractivity contribution >= 4 is 23.1 Å². The number of benzene rings is 8. The molecule has 0 N–H and O–H groups in total. The molecule has 0 fully saturated rings. The maximum absolute atomic E-state index is 6.97. The van der Waals surface area contributed by atoms with E-state index in [-0.39, 0.29) is 6.71 Å². The van der Waals surface area contributed by atoms with Gasteiger partial charge in [-0.15, -0.1) is 0 Å². The smallest absolute Gasteiger partial charge is 0.260 e. The molecule has 250 valence electrons. The fraction of sp³-hybridized carbons (Fsp3) is 0.0400. The van der Waals surface area contributed by atoms with Crippen LogP contribution in [0, 0.1) is 13.8 Å². The van der Waals surface area contributed by atoms with Gasteiger partial charge < -0.3 is 9.47 Å². The number of hydrogen-bond acceptors (Lipinski definition) is 2. The van der Waals surface area contributed by atoms with Gasteiger partial charge >= 0.3 is 0 Å². The van der Waals surface area contributed by atoms with Crippen LogP contribution in [0.25, 0.3) is 55.6 Å². The van der Waals surface area contributed by atoms with E-state index in [1.807, 2.05) is 0 Å². The third-order valence-electron chi connectivity index (χ3n) is 10.9. The van der Waals surface area contributed by atoms with Gasteiger partial charge in [0.2, 0.25) is 0 Å². The van der Waals surface area contributed by atoms with Crippen molar-refractivity contribution in [1.82, 2.24) is 0 Å². The van der Waals surface area contributed by atoms with E-state index in [1.54, 1.807) is 0 Å². The summed E-state index contributed by atoms with van der Waals surface area (Å²) in [4.78, 5) is 0. The van der Waals surface area contributed by atoms with Crippen LogP contribution in [-0.4, -0.2) is 6.71 Å². The molecule has 0 atom stereocenters. The van der Waals surface area contributed by atoms with Crippen molar-refractivity contribution in [2.75, 3.05) is 0 Å². The van der Waals surface area contributed by atoms with Crippen LogP contribution in [0.3, 0.4) is 0 Å². The lowest BCUT2D eigenvalue weighted by molar-refractivity contribution is 0.465. The molecule has 0 bridgehead atoms. The number of fused-ring (bicyclic) bond motifs is 4. The Morgan fingerprint density at radius 3 is 1.21 bits per heavy atom. The highest BCUT2D eigenvalue weighted by Gasteiger charge is 2.41. The first kappa shape index (κ1) is 31.2. The lowest BCUT2D eigenvalue weighted by atomic mass is 9.34. The second-order valence-corrected chi connectivity index (χ2v) is 14.1. The predicted octanol–water partition coefficient (Wildman–Crippen LogP) is 11.4. The highest BCUT2D eigenvalue weighted by molar-refractivity contribution is 6.98. The fourth-order valence-corrected chi connectivity index (χ4v) is 8.33. The minimum Gasteiger partial charge on any atom is -0.458 e. The largest absolute Gasteiger partial charge is 0.458 e. The molecule has 0 aromatic heterocycles. The van der Waals surface area contributed by atoms with Gasteiger partial charge in [-0.3, -0.25) is 0 Å². The van der Waals surface area contributed by atoms with E-state index in [0.717, 1.165) is 67.2 Å². The third-order valence-corrected chi connectivity index (χ3v) is 10.9. The normalized spacial score (nSPS) is 12.2. The summed E-state index contributed by atoms with van der Waals surface area (Å²) in [5.74, 6) is 3.42. The molecule has 2 nitrogen and oxygen atoms in total. The van der Waals surface area contributed by atoms with Gasteiger partial charge in [-0.1, -0.05) is 152 Å². The Kier molecular flexibility index (Phi) is 7.40. The van der Waals surface area contributed by atoms with Crippen LogP contribution in [0.2, 0.25) is 0 Å². The Bertz CT molecular complexity index is 2590. The van der Waals surface area contributed by atoms with Crippen molar-refractivity contribution < 1.29 is 9.47 Å². The number of rotatable bonds is 5. The molecule has 0 saturated carbocycles. The van der Waals surface area contributed by atoms with Crippen LogP contribution in [0.1, 0.15) is 11.1 Å². The predicted molar refractivity (Wildman–Crippen MR) is 221 cm³/mol. The van der Waals surface area contributed by atoms with E-state index < -0.39 is 0 Å². The van der Waals surface area contributed by atoms with Crippen molar-refractivity contribution in [3.05, 3.63) is 187 Å². The molecule has 2 aliphatic rings. The zero-order chi connectivity index (χ0) is 35.5.